The fourth-order valence-electron chi connectivity index (χ4n) is 3.00. The average Bonchev–Trinajstić information content (AvgIpc) is 2.82. The summed E-state index contributed by atoms with van der Waals surface area (Å²) in [6, 6.07) is 22.5. The fraction of sp³-hybridized carbons (Fsp3) is 0.120. The first-order valence-corrected chi connectivity index (χ1v) is 12.9. The maximum Gasteiger partial charge on any atom is 0.248 e. The number of sulfonamides is 1. The van der Waals surface area contributed by atoms with Crippen LogP contribution in [0.2, 0.25) is 0 Å². The highest BCUT2D eigenvalue weighted by atomic mass is 32.2. The zero-order chi connectivity index (χ0) is 24.6. The maximum atomic E-state index is 12.8. The van der Waals surface area contributed by atoms with E-state index in [4.69, 9.17) is 5.14 Å². The standard InChI is InChI=1S/C25H25N3O4S2/c1-2-23(25(30)28-19-12-14-22(15-13-19)34(26,31)32)33-21-10-6-9-20(17-21)27-24(29)16-11-18-7-4-3-5-8-18/h3-17,23H,2H2,1H3,(H,27,29)(H,28,30)(H2,26,31,32)/b16-11+. The van der Waals surface area contributed by atoms with E-state index in [0.29, 0.717) is 17.8 Å². The Balaban J connectivity index is 1.61. The van der Waals surface area contributed by atoms with Crippen LogP contribution in [0.1, 0.15) is 18.9 Å². The van der Waals surface area contributed by atoms with E-state index in [0.717, 1.165) is 10.5 Å². The second-order valence-corrected chi connectivity index (χ2v) is 10.2. The largest absolute Gasteiger partial charge is 0.325 e. The third kappa shape index (κ3) is 7.58. The van der Waals surface area contributed by atoms with Crippen LogP contribution in [0, 0.1) is 0 Å². The smallest absolute Gasteiger partial charge is 0.248 e. The van der Waals surface area contributed by atoms with Gasteiger partial charge < -0.3 is 10.6 Å². The van der Waals surface area contributed by atoms with E-state index in [9.17, 15) is 18.0 Å². The number of thioether (sulfide) groups is 1. The van der Waals surface area contributed by atoms with Gasteiger partial charge in [0.25, 0.3) is 0 Å². The Morgan fingerprint density at radius 3 is 2.29 bits per heavy atom. The van der Waals surface area contributed by atoms with E-state index in [1.54, 1.807) is 12.1 Å². The lowest BCUT2D eigenvalue weighted by Gasteiger charge is -2.15. The third-order valence-electron chi connectivity index (χ3n) is 4.72. The summed E-state index contributed by atoms with van der Waals surface area (Å²) in [5.74, 6) is -0.463. The predicted molar refractivity (Wildman–Crippen MR) is 137 cm³/mol. The third-order valence-corrected chi connectivity index (χ3v) is 7.01. The molecule has 0 aliphatic carbocycles. The van der Waals surface area contributed by atoms with Gasteiger partial charge in [-0.25, -0.2) is 13.6 Å². The number of nitrogens with one attached hydrogen (secondary N) is 2. The minimum absolute atomic E-state index is 0.0237. The van der Waals surface area contributed by atoms with Crippen molar-refractivity contribution >= 4 is 51.1 Å². The molecule has 3 aromatic carbocycles. The normalized spacial score (nSPS) is 12.3. The van der Waals surface area contributed by atoms with Crippen LogP contribution in [0.25, 0.3) is 6.08 Å². The van der Waals surface area contributed by atoms with Gasteiger partial charge in [0.05, 0.1) is 10.1 Å². The van der Waals surface area contributed by atoms with Crippen LogP contribution >= 0.6 is 11.8 Å². The molecule has 0 radical (unpaired) electrons. The molecule has 0 spiro atoms. The Kier molecular flexibility index (Phi) is 8.64. The molecule has 176 valence electrons. The molecule has 3 rings (SSSR count). The van der Waals surface area contributed by atoms with Crippen molar-refractivity contribution in [2.45, 2.75) is 28.4 Å². The number of rotatable bonds is 9. The second-order valence-electron chi connectivity index (χ2n) is 7.33. The number of anilines is 2. The van der Waals surface area contributed by atoms with Crippen LogP contribution in [-0.4, -0.2) is 25.5 Å². The monoisotopic (exact) mass is 495 g/mol. The summed E-state index contributed by atoms with van der Waals surface area (Å²) in [4.78, 5) is 25.8. The van der Waals surface area contributed by atoms with Crippen LogP contribution < -0.4 is 15.8 Å². The predicted octanol–water partition coefficient (Wildman–Crippen LogP) is 4.50. The van der Waals surface area contributed by atoms with Crippen molar-refractivity contribution < 1.29 is 18.0 Å². The molecule has 1 atom stereocenters. The van der Waals surface area contributed by atoms with E-state index in [2.05, 4.69) is 10.6 Å². The molecular weight excluding hydrogens is 470 g/mol. The quantitative estimate of drug-likeness (QED) is 0.298. The molecule has 9 heteroatoms. The highest BCUT2D eigenvalue weighted by molar-refractivity contribution is 8.00. The summed E-state index contributed by atoms with van der Waals surface area (Å²) in [5, 5.41) is 10.3. The maximum absolute atomic E-state index is 12.8. The summed E-state index contributed by atoms with van der Waals surface area (Å²) >= 11 is 1.38. The number of benzene rings is 3. The molecule has 34 heavy (non-hydrogen) atoms. The highest BCUT2D eigenvalue weighted by Gasteiger charge is 2.19. The number of nitrogens with two attached hydrogens (primary N) is 1. The molecule has 0 saturated heterocycles. The van der Waals surface area contributed by atoms with Crippen molar-refractivity contribution in [3.8, 4) is 0 Å². The van der Waals surface area contributed by atoms with Crippen molar-refractivity contribution in [3.05, 3.63) is 90.5 Å². The van der Waals surface area contributed by atoms with Gasteiger partial charge >= 0.3 is 0 Å². The molecule has 7 nitrogen and oxygen atoms in total. The topological polar surface area (TPSA) is 118 Å². The number of hydrogen-bond donors (Lipinski definition) is 3. The number of carbonyl (C=O) groups excluding carboxylic acids is 2. The van der Waals surface area contributed by atoms with Gasteiger partial charge in [-0.3, -0.25) is 9.59 Å². The lowest BCUT2D eigenvalue weighted by atomic mass is 10.2. The van der Waals surface area contributed by atoms with Crippen molar-refractivity contribution in [2.24, 2.45) is 5.14 Å². The van der Waals surface area contributed by atoms with Crippen LogP contribution in [0.5, 0.6) is 0 Å². The summed E-state index contributed by atoms with van der Waals surface area (Å²) in [5.41, 5.74) is 2.03. The van der Waals surface area contributed by atoms with Crippen molar-refractivity contribution in [2.75, 3.05) is 10.6 Å². The lowest BCUT2D eigenvalue weighted by molar-refractivity contribution is -0.115. The van der Waals surface area contributed by atoms with E-state index < -0.39 is 10.0 Å². The first kappa shape index (κ1) is 25.2. The van der Waals surface area contributed by atoms with E-state index in [1.165, 1.54) is 42.1 Å². The molecule has 2 amide bonds. The minimum Gasteiger partial charge on any atom is -0.325 e. The first-order chi connectivity index (χ1) is 16.2. The SMILES string of the molecule is CCC(Sc1cccc(NC(=O)/C=C/c2ccccc2)c1)C(=O)Nc1ccc(S(N)(=O)=O)cc1. The van der Waals surface area contributed by atoms with Gasteiger partial charge in [-0.05, 0) is 60.5 Å². The molecular formula is C25H25N3O4S2. The van der Waals surface area contributed by atoms with Gasteiger partial charge in [0.2, 0.25) is 21.8 Å². The number of carbonyl (C=O) groups is 2. The van der Waals surface area contributed by atoms with Gasteiger partial charge in [0.15, 0.2) is 0 Å². The molecule has 0 heterocycles. The Morgan fingerprint density at radius 2 is 1.65 bits per heavy atom. The number of hydrogen-bond acceptors (Lipinski definition) is 5. The minimum atomic E-state index is -3.79. The Bertz CT molecular complexity index is 1280. The molecule has 1 unspecified atom stereocenters. The molecule has 0 aromatic heterocycles. The van der Waals surface area contributed by atoms with Crippen LogP contribution in [-0.2, 0) is 19.6 Å². The van der Waals surface area contributed by atoms with Gasteiger partial charge in [0, 0.05) is 22.3 Å². The van der Waals surface area contributed by atoms with Crippen LogP contribution in [0.4, 0.5) is 11.4 Å². The first-order valence-electron chi connectivity index (χ1n) is 10.5. The second kappa shape index (κ2) is 11.6. The molecule has 0 saturated carbocycles. The summed E-state index contributed by atoms with van der Waals surface area (Å²) in [6.07, 6.45) is 3.78. The average molecular weight is 496 g/mol. The Labute approximate surface area is 203 Å². The Hall–Kier alpha value is -3.40. The van der Waals surface area contributed by atoms with Crippen molar-refractivity contribution in [1.82, 2.24) is 0 Å². The summed E-state index contributed by atoms with van der Waals surface area (Å²) in [7, 11) is -3.79. The molecule has 4 N–H and O–H groups in total. The number of amides is 2. The van der Waals surface area contributed by atoms with Crippen LogP contribution in [0.15, 0.2) is 94.7 Å². The van der Waals surface area contributed by atoms with Gasteiger partial charge in [-0.1, -0.05) is 43.3 Å². The van der Waals surface area contributed by atoms with Crippen molar-refractivity contribution in [3.63, 3.8) is 0 Å². The lowest BCUT2D eigenvalue weighted by Crippen LogP contribution is -2.24. The molecule has 0 aliphatic rings. The fourth-order valence-corrected chi connectivity index (χ4v) is 4.53. The van der Waals surface area contributed by atoms with E-state index in [-0.39, 0.29) is 22.0 Å². The van der Waals surface area contributed by atoms with Gasteiger partial charge in [-0.2, -0.15) is 0 Å². The zero-order valence-electron chi connectivity index (χ0n) is 18.5. The highest BCUT2D eigenvalue weighted by Crippen LogP contribution is 2.28. The summed E-state index contributed by atoms with van der Waals surface area (Å²) < 4.78 is 22.8. The number of primary sulfonamides is 1. The molecule has 0 aliphatic heterocycles. The zero-order valence-corrected chi connectivity index (χ0v) is 20.1. The molecule has 0 fully saturated rings. The summed E-state index contributed by atoms with van der Waals surface area (Å²) in [6.45, 7) is 1.90. The van der Waals surface area contributed by atoms with Gasteiger partial charge in [-0.15, -0.1) is 11.8 Å². The van der Waals surface area contributed by atoms with E-state index >= 15 is 0 Å². The van der Waals surface area contributed by atoms with Crippen LogP contribution in [0.3, 0.4) is 0 Å². The molecule has 3 aromatic rings. The van der Waals surface area contributed by atoms with E-state index in [1.807, 2.05) is 55.5 Å². The Morgan fingerprint density at radius 1 is 0.941 bits per heavy atom. The van der Waals surface area contributed by atoms with Crippen molar-refractivity contribution in [1.29, 1.82) is 0 Å². The molecule has 0 bridgehead atoms. The van der Waals surface area contributed by atoms with Gasteiger partial charge in [0.1, 0.15) is 0 Å².